The van der Waals surface area contributed by atoms with Crippen molar-refractivity contribution in [1.82, 2.24) is 24.6 Å². The smallest absolute Gasteiger partial charge is 0.275 e. The van der Waals surface area contributed by atoms with E-state index < -0.39 is 0 Å². The molecular weight excluding hydrogens is 396 g/mol. The van der Waals surface area contributed by atoms with Crippen molar-refractivity contribution in [2.75, 3.05) is 25.0 Å². The number of carbonyl (C=O) groups is 1. The average Bonchev–Trinajstić information content (AvgIpc) is 3.36. The molecule has 0 spiro atoms. The van der Waals surface area contributed by atoms with Gasteiger partial charge in [0.15, 0.2) is 5.82 Å². The SMILES string of the molecule is CCCN1CCC(c2nc(C(=O)Nc3cccnc3-n3nc(C)cc3C)cs2)CC1. The van der Waals surface area contributed by atoms with Gasteiger partial charge in [-0.1, -0.05) is 6.92 Å². The molecule has 8 heteroatoms. The predicted octanol–water partition coefficient (Wildman–Crippen LogP) is 4.18. The minimum absolute atomic E-state index is 0.211. The summed E-state index contributed by atoms with van der Waals surface area (Å²) in [5.74, 6) is 0.847. The minimum Gasteiger partial charge on any atom is -0.317 e. The Labute approximate surface area is 181 Å². The van der Waals surface area contributed by atoms with Gasteiger partial charge >= 0.3 is 0 Å². The number of aryl methyl sites for hydroxylation is 2. The summed E-state index contributed by atoms with van der Waals surface area (Å²) in [6.45, 7) is 9.52. The van der Waals surface area contributed by atoms with Crippen molar-refractivity contribution in [3.8, 4) is 5.82 Å². The molecule has 1 fully saturated rings. The second-order valence-corrected chi connectivity index (χ2v) is 8.74. The van der Waals surface area contributed by atoms with Gasteiger partial charge in [0.1, 0.15) is 5.69 Å². The number of likely N-dealkylation sites (tertiary alicyclic amines) is 1. The van der Waals surface area contributed by atoms with Gasteiger partial charge in [-0.2, -0.15) is 5.10 Å². The van der Waals surface area contributed by atoms with Crippen molar-refractivity contribution in [3.05, 3.63) is 51.9 Å². The first-order chi connectivity index (χ1) is 14.5. The molecule has 1 aliphatic rings. The summed E-state index contributed by atoms with van der Waals surface area (Å²) in [6.07, 6.45) is 5.12. The zero-order valence-electron chi connectivity index (χ0n) is 17.8. The van der Waals surface area contributed by atoms with Gasteiger partial charge in [-0.15, -0.1) is 11.3 Å². The number of piperidine rings is 1. The molecule has 0 aliphatic carbocycles. The molecule has 1 amide bonds. The van der Waals surface area contributed by atoms with E-state index in [1.54, 1.807) is 28.3 Å². The van der Waals surface area contributed by atoms with E-state index in [4.69, 9.17) is 0 Å². The largest absolute Gasteiger partial charge is 0.317 e. The summed E-state index contributed by atoms with van der Waals surface area (Å²) in [7, 11) is 0. The highest BCUT2D eigenvalue weighted by atomic mass is 32.1. The summed E-state index contributed by atoms with van der Waals surface area (Å²) in [6, 6.07) is 5.63. The molecule has 0 saturated carbocycles. The highest BCUT2D eigenvalue weighted by Gasteiger charge is 2.24. The normalized spacial score (nSPS) is 15.4. The molecule has 7 nitrogen and oxygen atoms in total. The third kappa shape index (κ3) is 4.44. The first-order valence-corrected chi connectivity index (χ1v) is 11.4. The molecule has 4 rings (SSSR count). The predicted molar refractivity (Wildman–Crippen MR) is 120 cm³/mol. The summed E-state index contributed by atoms with van der Waals surface area (Å²) >= 11 is 1.59. The van der Waals surface area contributed by atoms with E-state index in [0.29, 0.717) is 23.1 Å². The molecule has 1 saturated heterocycles. The van der Waals surface area contributed by atoms with Gasteiger partial charge in [0.25, 0.3) is 5.91 Å². The Morgan fingerprint density at radius 1 is 1.30 bits per heavy atom. The molecule has 0 unspecified atom stereocenters. The fourth-order valence-corrected chi connectivity index (χ4v) is 4.96. The number of thiazole rings is 1. The number of anilines is 1. The molecule has 0 atom stereocenters. The van der Waals surface area contributed by atoms with E-state index in [2.05, 4.69) is 32.2 Å². The van der Waals surface area contributed by atoms with Crippen LogP contribution in [0.15, 0.2) is 29.8 Å². The van der Waals surface area contributed by atoms with E-state index in [1.165, 1.54) is 13.0 Å². The summed E-state index contributed by atoms with van der Waals surface area (Å²) in [5, 5.41) is 10.4. The second kappa shape index (κ2) is 9.06. The number of nitrogens with zero attached hydrogens (tertiary/aromatic N) is 5. The van der Waals surface area contributed by atoms with E-state index in [-0.39, 0.29) is 5.91 Å². The van der Waals surface area contributed by atoms with Crippen molar-refractivity contribution in [3.63, 3.8) is 0 Å². The fraction of sp³-hybridized carbons (Fsp3) is 0.455. The highest BCUT2D eigenvalue weighted by Crippen LogP contribution is 2.30. The van der Waals surface area contributed by atoms with E-state index in [9.17, 15) is 4.79 Å². The van der Waals surface area contributed by atoms with Crippen molar-refractivity contribution in [1.29, 1.82) is 0 Å². The Morgan fingerprint density at radius 2 is 2.10 bits per heavy atom. The number of rotatable bonds is 6. The quantitative estimate of drug-likeness (QED) is 0.642. The van der Waals surface area contributed by atoms with Crippen molar-refractivity contribution < 1.29 is 4.79 Å². The lowest BCUT2D eigenvalue weighted by molar-refractivity contribution is 0.102. The maximum absolute atomic E-state index is 12.9. The summed E-state index contributed by atoms with van der Waals surface area (Å²) in [5.41, 5.74) is 2.96. The third-order valence-electron chi connectivity index (χ3n) is 5.48. The number of hydrogen-bond donors (Lipinski definition) is 1. The van der Waals surface area contributed by atoms with Crippen LogP contribution in [0.4, 0.5) is 5.69 Å². The minimum atomic E-state index is -0.211. The van der Waals surface area contributed by atoms with Gasteiger partial charge in [0.05, 0.1) is 16.4 Å². The van der Waals surface area contributed by atoms with Gasteiger partial charge in [0.2, 0.25) is 0 Å². The van der Waals surface area contributed by atoms with E-state index in [0.717, 1.165) is 42.3 Å². The van der Waals surface area contributed by atoms with Crippen LogP contribution in [-0.2, 0) is 0 Å². The Kier molecular flexibility index (Phi) is 6.24. The monoisotopic (exact) mass is 424 g/mol. The Hall–Kier alpha value is -2.58. The standard InChI is InChI=1S/C22H28N6OS/c1-4-10-27-11-7-17(8-12-27)22-25-19(14-30-22)21(29)24-18-6-5-9-23-20(18)28-16(3)13-15(2)26-28/h5-6,9,13-14,17H,4,7-8,10-12H2,1-3H3,(H,24,29). The maximum atomic E-state index is 12.9. The van der Waals surface area contributed by atoms with Crippen LogP contribution in [-0.4, -0.2) is 50.2 Å². The van der Waals surface area contributed by atoms with Crippen molar-refractivity contribution >= 4 is 22.9 Å². The van der Waals surface area contributed by atoms with Crippen LogP contribution in [0.25, 0.3) is 5.82 Å². The molecular formula is C22H28N6OS. The van der Waals surface area contributed by atoms with Crippen LogP contribution in [0.5, 0.6) is 0 Å². The summed E-state index contributed by atoms with van der Waals surface area (Å²) in [4.78, 5) is 24.5. The first-order valence-electron chi connectivity index (χ1n) is 10.5. The fourth-order valence-electron chi connectivity index (χ4n) is 3.99. The molecule has 0 aromatic carbocycles. The zero-order valence-corrected chi connectivity index (χ0v) is 18.6. The molecule has 1 aliphatic heterocycles. The lowest BCUT2D eigenvalue weighted by Crippen LogP contribution is -2.33. The van der Waals surface area contributed by atoms with Crippen LogP contribution in [0.3, 0.4) is 0 Å². The molecule has 0 radical (unpaired) electrons. The summed E-state index contributed by atoms with van der Waals surface area (Å²) < 4.78 is 1.75. The van der Waals surface area contributed by atoms with E-state index in [1.807, 2.05) is 31.4 Å². The number of pyridine rings is 1. The zero-order chi connectivity index (χ0) is 21.1. The second-order valence-electron chi connectivity index (χ2n) is 7.85. The van der Waals surface area contributed by atoms with Crippen molar-refractivity contribution in [2.45, 2.75) is 46.0 Å². The number of carbonyl (C=O) groups excluding carboxylic acids is 1. The Morgan fingerprint density at radius 3 is 2.80 bits per heavy atom. The van der Waals surface area contributed by atoms with Gasteiger partial charge in [0, 0.05) is 23.2 Å². The van der Waals surface area contributed by atoms with Crippen molar-refractivity contribution in [2.24, 2.45) is 0 Å². The maximum Gasteiger partial charge on any atom is 0.275 e. The number of nitrogens with one attached hydrogen (secondary N) is 1. The average molecular weight is 425 g/mol. The molecule has 3 aromatic rings. The molecule has 1 N–H and O–H groups in total. The van der Waals surface area contributed by atoms with Gasteiger partial charge < -0.3 is 10.2 Å². The Bertz CT molecular complexity index is 1020. The lowest BCUT2D eigenvalue weighted by atomic mass is 9.97. The Balaban J connectivity index is 1.47. The van der Waals surface area contributed by atoms with Crippen LogP contribution < -0.4 is 5.32 Å². The molecule has 4 heterocycles. The van der Waals surface area contributed by atoms with Crippen LogP contribution in [0.2, 0.25) is 0 Å². The molecule has 158 valence electrons. The van der Waals surface area contributed by atoms with Crippen LogP contribution >= 0.6 is 11.3 Å². The third-order valence-corrected chi connectivity index (χ3v) is 6.48. The van der Waals surface area contributed by atoms with Gasteiger partial charge in [-0.25, -0.2) is 14.6 Å². The lowest BCUT2D eigenvalue weighted by Gasteiger charge is -2.30. The molecule has 3 aromatic heterocycles. The highest BCUT2D eigenvalue weighted by molar-refractivity contribution is 7.10. The molecule has 0 bridgehead atoms. The van der Waals surface area contributed by atoms with E-state index >= 15 is 0 Å². The molecule has 30 heavy (non-hydrogen) atoms. The number of hydrogen-bond acceptors (Lipinski definition) is 6. The van der Waals surface area contributed by atoms with Crippen LogP contribution in [0.1, 0.15) is 59.0 Å². The van der Waals surface area contributed by atoms with Gasteiger partial charge in [-0.3, -0.25) is 4.79 Å². The topological polar surface area (TPSA) is 75.9 Å². The first kappa shape index (κ1) is 20.7. The van der Waals surface area contributed by atoms with Gasteiger partial charge in [-0.05, 0) is 70.9 Å². The van der Waals surface area contributed by atoms with Crippen LogP contribution in [0, 0.1) is 13.8 Å². The number of aromatic nitrogens is 4. The number of amides is 1.